The van der Waals surface area contributed by atoms with Gasteiger partial charge in [0.2, 0.25) is 0 Å². The van der Waals surface area contributed by atoms with E-state index in [1.54, 1.807) is 11.8 Å². The molecule has 5 rings (SSSR count). The molecule has 0 spiro atoms. The van der Waals surface area contributed by atoms with Gasteiger partial charge in [-0.3, -0.25) is 4.98 Å². The Morgan fingerprint density at radius 3 is 2.53 bits per heavy atom. The second-order valence-electron chi connectivity index (χ2n) is 12.1. The van der Waals surface area contributed by atoms with E-state index in [2.05, 4.69) is 39.1 Å². The summed E-state index contributed by atoms with van der Waals surface area (Å²) in [6.45, 7) is -0.133. The zero-order valence-corrected chi connectivity index (χ0v) is 27.6. The Bertz CT molecular complexity index is 1490. The van der Waals surface area contributed by atoms with Gasteiger partial charge >= 0.3 is 6.03 Å². The quantitative estimate of drug-likeness (QED) is 0.0734. The SMILES string of the molecule is O=C(NCCCSc1ccc(Cl)c(CNC2(c3cnccc3-c3ccccc3OC3CC3)CC2)c1)NCC(O)C(O)C(O)C(O)CO. The first-order chi connectivity index (χ1) is 22.7. The van der Waals surface area contributed by atoms with Crippen molar-refractivity contribution in [3.05, 3.63) is 77.1 Å². The maximum absolute atomic E-state index is 12.1. The van der Waals surface area contributed by atoms with E-state index < -0.39 is 37.1 Å². The number of benzene rings is 2. The molecule has 2 fully saturated rings. The van der Waals surface area contributed by atoms with Crippen molar-refractivity contribution >= 4 is 29.4 Å². The molecule has 2 amide bonds. The van der Waals surface area contributed by atoms with E-state index in [1.165, 1.54) is 0 Å². The van der Waals surface area contributed by atoms with Gasteiger partial charge in [0.15, 0.2) is 0 Å². The number of carbonyl (C=O) groups excluding carboxylic acids is 1. The van der Waals surface area contributed by atoms with Gasteiger partial charge in [0.1, 0.15) is 24.1 Å². The van der Waals surface area contributed by atoms with E-state index >= 15 is 0 Å². The lowest BCUT2D eigenvalue weighted by molar-refractivity contribution is -0.113. The van der Waals surface area contributed by atoms with Gasteiger partial charge in [-0.1, -0.05) is 29.8 Å². The van der Waals surface area contributed by atoms with Crippen LogP contribution >= 0.6 is 23.4 Å². The molecule has 1 aromatic heterocycles. The number of aromatic nitrogens is 1. The number of halogens is 1. The van der Waals surface area contributed by atoms with E-state index in [1.807, 2.05) is 42.7 Å². The molecule has 4 unspecified atom stereocenters. The fourth-order valence-corrected chi connectivity index (χ4v) is 6.38. The molecule has 11 nitrogen and oxygen atoms in total. The van der Waals surface area contributed by atoms with Crippen LogP contribution in [0, 0.1) is 0 Å². The van der Waals surface area contributed by atoms with Crippen molar-refractivity contribution in [2.75, 3.05) is 25.4 Å². The highest BCUT2D eigenvalue weighted by Gasteiger charge is 2.46. The number of carbonyl (C=O) groups is 1. The van der Waals surface area contributed by atoms with Crippen LogP contribution in [0.3, 0.4) is 0 Å². The number of urea groups is 1. The summed E-state index contributed by atoms with van der Waals surface area (Å²) < 4.78 is 6.24. The predicted octanol–water partition coefficient (Wildman–Crippen LogP) is 2.94. The third-order valence-corrected chi connectivity index (χ3v) is 9.84. The molecule has 3 aromatic rings. The number of nitrogens with one attached hydrogen (secondary N) is 3. The van der Waals surface area contributed by atoms with Crippen LogP contribution in [0.15, 0.2) is 65.8 Å². The minimum atomic E-state index is -1.75. The molecule has 13 heteroatoms. The van der Waals surface area contributed by atoms with Crippen LogP contribution in [-0.2, 0) is 12.1 Å². The van der Waals surface area contributed by atoms with E-state index in [-0.39, 0.29) is 12.1 Å². The van der Waals surface area contributed by atoms with Gasteiger partial charge < -0.3 is 46.2 Å². The van der Waals surface area contributed by atoms with Crippen LogP contribution in [0.25, 0.3) is 11.1 Å². The number of pyridine rings is 1. The molecule has 0 bridgehead atoms. The molecular formula is C34H43ClN4O7S. The van der Waals surface area contributed by atoms with Crippen molar-refractivity contribution in [2.45, 2.75) is 79.6 Å². The lowest BCUT2D eigenvalue weighted by Gasteiger charge is -2.25. The number of rotatable bonds is 18. The van der Waals surface area contributed by atoms with Gasteiger partial charge in [-0.25, -0.2) is 4.79 Å². The van der Waals surface area contributed by atoms with Crippen molar-refractivity contribution in [3.63, 3.8) is 0 Å². The zero-order chi connectivity index (χ0) is 33.4. The van der Waals surface area contributed by atoms with Gasteiger partial charge in [-0.15, -0.1) is 11.8 Å². The highest BCUT2D eigenvalue weighted by Crippen LogP contribution is 2.50. The summed E-state index contributed by atoms with van der Waals surface area (Å²) in [4.78, 5) is 17.6. The predicted molar refractivity (Wildman–Crippen MR) is 180 cm³/mol. The molecule has 0 radical (unpaired) electrons. The van der Waals surface area contributed by atoms with Gasteiger partial charge in [0.25, 0.3) is 0 Å². The average molecular weight is 687 g/mol. The Hall–Kier alpha value is -2.94. The maximum Gasteiger partial charge on any atom is 0.314 e. The molecule has 4 atom stereocenters. The smallest absolute Gasteiger partial charge is 0.314 e. The van der Waals surface area contributed by atoms with Gasteiger partial charge in [-0.05, 0) is 84.9 Å². The average Bonchev–Trinajstić information content (AvgIpc) is 4.04. The summed E-state index contributed by atoms with van der Waals surface area (Å²) in [5.41, 5.74) is 4.18. The molecule has 0 saturated heterocycles. The first-order valence-electron chi connectivity index (χ1n) is 15.9. The minimum absolute atomic E-state index is 0.191. The first kappa shape index (κ1) is 35.4. The number of nitrogens with zero attached hydrogens (tertiary/aromatic N) is 1. The summed E-state index contributed by atoms with van der Waals surface area (Å²) in [5, 5.41) is 57.3. The Balaban J connectivity index is 1.09. The number of para-hydroxylation sites is 1. The van der Waals surface area contributed by atoms with Crippen molar-refractivity contribution < 1.29 is 35.1 Å². The molecular weight excluding hydrogens is 644 g/mol. The zero-order valence-electron chi connectivity index (χ0n) is 26.0. The molecule has 2 saturated carbocycles. The van der Waals surface area contributed by atoms with Gasteiger partial charge in [0.05, 0.1) is 18.8 Å². The minimum Gasteiger partial charge on any atom is -0.490 e. The Morgan fingerprint density at radius 2 is 1.79 bits per heavy atom. The number of amides is 2. The summed E-state index contributed by atoms with van der Waals surface area (Å²) in [6.07, 6.45) is 2.38. The molecule has 1 heterocycles. The third-order valence-electron chi connectivity index (χ3n) is 8.39. The Morgan fingerprint density at radius 1 is 1.02 bits per heavy atom. The second kappa shape index (κ2) is 16.4. The van der Waals surface area contributed by atoms with Crippen LogP contribution in [0.5, 0.6) is 5.75 Å². The maximum atomic E-state index is 12.1. The van der Waals surface area contributed by atoms with E-state index in [0.717, 1.165) is 64.3 Å². The third kappa shape index (κ3) is 9.58. The van der Waals surface area contributed by atoms with Gasteiger partial charge in [0, 0.05) is 53.0 Å². The Kier molecular flexibility index (Phi) is 12.4. The standard InChI is InChI=1S/C34H43ClN4O7S/c35-27-9-8-23(47-15-3-13-37-33(45)38-19-28(41)31(43)32(44)29(42)20-40)16-21(27)17-39-34(11-12-34)26-18-36-14-10-24(26)25-4-1-2-5-30(25)46-22-6-7-22/h1-2,4-5,8-10,14,16,18,22,28-29,31-32,39-44H,3,6-7,11-13,15,17,19-20H2,(H2,37,38,45). The molecule has 8 N–H and O–H groups in total. The van der Waals surface area contributed by atoms with Crippen LogP contribution in [0.4, 0.5) is 4.79 Å². The van der Waals surface area contributed by atoms with E-state index in [0.29, 0.717) is 30.6 Å². The number of aliphatic hydroxyl groups excluding tert-OH is 5. The normalized spacial score (nSPS) is 17.7. The Labute approximate surface area is 283 Å². The summed E-state index contributed by atoms with van der Waals surface area (Å²) in [7, 11) is 0. The van der Waals surface area contributed by atoms with Crippen molar-refractivity contribution in [3.8, 4) is 16.9 Å². The van der Waals surface area contributed by atoms with E-state index in [9.17, 15) is 25.2 Å². The lowest BCUT2D eigenvalue weighted by atomic mass is 9.94. The molecule has 2 aliphatic carbocycles. The molecule has 254 valence electrons. The summed E-state index contributed by atoms with van der Waals surface area (Å²) in [6, 6.07) is 15.7. The second-order valence-corrected chi connectivity index (χ2v) is 13.6. The monoisotopic (exact) mass is 686 g/mol. The van der Waals surface area contributed by atoms with Gasteiger partial charge in [-0.2, -0.15) is 0 Å². The number of hydrogen-bond donors (Lipinski definition) is 8. The van der Waals surface area contributed by atoms with Crippen molar-refractivity contribution in [2.24, 2.45) is 0 Å². The lowest BCUT2D eigenvalue weighted by Crippen LogP contribution is -2.50. The summed E-state index contributed by atoms with van der Waals surface area (Å²) in [5.74, 6) is 1.65. The molecule has 47 heavy (non-hydrogen) atoms. The fourth-order valence-electron chi connectivity index (χ4n) is 5.28. The van der Waals surface area contributed by atoms with Crippen LogP contribution < -0.4 is 20.7 Å². The molecule has 2 aromatic carbocycles. The highest BCUT2D eigenvalue weighted by atomic mass is 35.5. The molecule has 0 aliphatic heterocycles. The highest BCUT2D eigenvalue weighted by molar-refractivity contribution is 7.99. The van der Waals surface area contributed by atoms with Crippen molar-refractivity contribution in [1.29, 1.82) is 0 Å². The number of ether oxygens (including phenoxy) is 1. The van der Waals surface area contributed by atoms with Crippen LogP contribution in [0.2, 0.25) is 5.02 Å². The first-order valence-corrected chi connectivity index (χ1v) is 17.3. The topological polar surface area (TPSA) is 176 Å². The van der Waals surface area contributed by atoms with Crippen LogP contribution in [0.1, 0.15) is 43.2 Å². The molecule has 2 aliphatic rings. The number of hydrogen-bond acceptors (Lipinski definition) is 10. The number of aliphatic hydroxyl groups is 5. The number of thioether (sulfide) groups is 1. The van der Waals surface area contributed by atoms with Crippen molar-refractivity contribution in [1.82, 2.24) is 20.9 Å². The van der Waals surface area contributed by atoms with Crippen LogP contribution in [-0.4, -0.2) is 92.5 Å². The largest absolute Gasteiger partial charge is 0.490 e. The van der Waals surface area contributed by atoms with E-state index in [4.69, 9.17) is 21.4 Å². The summed E-state index contributed by atoms with van der Waals surface area (Å²) >= 11 is 8.28. The fraction of sp³-hybridized carbons (Fsp3) is 0.471.